The highest BCUT2D eigenvalue weighted by atomic mass is 15.4. The lowest BCUT2D eigenvalue weighted by molar-refractivity contribution is 0.423. The number of hydrogen-bond donors (Lipinski definition) is 1. The minimum Gasteiger partial charge on any atom is -0.394 e. The molecule has 0 aromatic carbocycles. The van der Waals surface area contributed by atoms with E-state index >= 15 is 0 Å². The maximum Gasteiger partial charge on any atom is 0.150 e. The quantitative estimate of drug-likeness (QED) is 0.833. The second-order valence-corrected chi connectivity index (χ2v) is 4.85. The van der Waals surface area contributed by atoms with Gasteiger partial charge in [0, 0.05) is 20.1 Å². The molecular formula is C12H22N4. The van der Waals surface area contributed by atoms with Crippen LogP contribution in [-0.2, 0) is 7.05 Å². The fraction of sp³-hybridized carbons (Fsp3) is 0.750. The largest absolute Gasteiger partial charge is 0.394 e. The molecule has 1 aliphatic carbocycles. The van der Waals surface area contributed by atoms with Crippen molar-refractivity contribution in [2.24, 2.45) is 7.05 Å². The first kappa shape index (κ1) is 11.3. The molecule has 0 unspecified atom stereocenters. The van der Waals surface area contributed by atoms with Gasteiger partial charge >= 0.3 is 0 Å². The average molecular weight is 222 g/mol. The minimum atomic E-state index is 0.630. The first-order valence-corrected chi connectivity index (χ1v) is 6.13. The first-order chi connectivity index (χ1) is 7.61. The van der Waals surface area contributed by atoms with E-state index in [-0.39, 0.29) is 0 Å². The van der Waals surface area contributed by atoms with E-state index in [1.807, 2.05) is 18.7 Å². The smallest absolute Gasteiger partial charge is 0.150 e. The summed E-state index contributed by atoms with van der Waals surface area (Å²) in [5.41, 5.74) is 7.85. The number of aryl methyl sites for hydroxylation is 2. The van der Waals surface area contributed by atoms with E-state index in [0.29, 0.717) is 6.04 Å². The highest BCUT2D eigenvalue weighted by Crippen LogP contribution is 2.30. The number of anilines is 2. The fourth-order valence-electron chi connectivity index (χ4n) is 2.72. The van der Waals surface area contributed by atoms with Crippen molar-refractivity contribution in [3.8, 4) is 0 Å². The van der Waals surface area contributed by atoms with Gasteiger partial charge in [-0.2, -0.15) is 5.10 Å². The molecule has 1 saturated carbocycles. The van der Waals surface area contributed by atoms with E-state index in [1.54, 1.807) is 0 Å². The van der Waals surface area contributed by atoms with E-state index in [1.165, 1.54) is 32.1 Å². The maximum atomic E-state index is 6.09. The minimum absolute atomic E-state index is 0.630. The van der Waals surface area contributed by atoms with E-state index in [9.17, 15) is 0 Å². The Hall–Kier alpha value is -1.19. The highest BCUT2D eigenvalue weighted by Gasteiger charge is 2.23. The Labute approximate surface area is 97.4 Å². The number of nitrogen functional groups attached to an aromatic ring is 1. The van der Waals surface area contributed by atoms with Gasteiger partial charge in [0.05, 0.1) is 11.4 Å². The van der Waals surface area contributed by atoms with E-state index in [2.05, 4.69) is 17.0 Å². The van der Waals surface area contributed by atoms with Gasteiger partial charge in [0.25, 0.3) is 0 Å². The van der Waals surface area contributed by atoms with Gasteiger partial charge in [0.1, 0.15) is 5.82 Å². The molecule has 1 heterocycles. The van der Waals surface area contributed by atoms with Crippen molar-refractivity contribution in [2.75, 3.05) is 17.7 Å². The van der Waals surface area contributed by atoms with Crippen LogP contribution in [0.25, 0.3) is 0 Å². The number of hydrogen-bond acceptors (Lipinski definition) is 3. The molecule has 0 radical (unpaired) electrons. The van der Waals surface area contributed by atoms with Crippen LogP contribution in [0.1, 0.15) is 37.8 Å². The van der Waals surface area contributed by atoms with Crippen molar-refractivity contribution in [3.05, 3.63) is 5.69 Å². The van der Waals surface area contributed by atoms with Crippen molar-refractivity contribution in [1.29, 1.82) is 0 Å². The predicted octanol–water partition coefficient (Wildman–Crippen LogP) is 2.08. The van der Waals surface area contributed by atoms with Crippen LogP contribution in [0.15, 0.2) is 0 Å². The van der Waals surface area contributed by atoms with Crippen molar-refractivity contribution in [1.82, 2.24) is 9.78 Å². The van der Waals surface area contributed by atoms with Gasteiger partial charge in [-0.1, -0.05) is 19.3 Å². The second-order valence-electron chi connectivity index (χ2n) is 4.85. The van der Waals surface area contributed by atoms with Crippen LogP contribution >= 0.6 is 0 Å². The second kappa shape index (κ2) is 4.36. The maximum absolute atomic E-state index is 6.09. The topological polar surface area (TPSA) is 47.1 Å². The predicted molar refractivity (Wildman–Crippen MR) is 67.6 cm³/mol. The molecule has 90 valence electrons. The SMILES string of the molecule is Cc1nn(C)c(N(C)C2CCCCC2)c1N. The van der Waals surface area contributed by atoms with Crippen LogP contribution in [0.2, 0.25) is 0 Å². The standard InChI is InChI=1S/C12H22N4/c1-9-11(13)12(16(3)14-9)15(2)10-7-5-4-6-8-10/h10H,4-8,13H2,1-3H3. The molecule has 0 atom stereocenters. The van der Waals surface area contributed by atoms with Crippen molar-refractivity contribution < 1.29 is 0 Å². The molecule has 4 nitrogen and oxygen atoms in total. The molecule has 0 saturated heterocycles. The fourth-order valence-corrected chi connectivity index (χ4v) is 2.72. The third-order valence-electron chi connectivity index (χ3n) is 3.69. The van der Waals surface area contributed by atoms with Gasteiger partial charge in [-0.25, -0.2) is 0 Å². The van der Waals surface area contributed by atoms with E-state index in [0.717, 1.165) is 17.2 Å². The summed E-state index contributed by atoms with van der Waals surface area (Å²) < 4.78 is 1.90. The van der Waals surface area contributed by atoms with Crippen molar-refractivity contribution >= 4 is 11.5 Å². The molecule has 1 fully saturated rings. The molecule has 1 aliphatic rings. The zero-order valence-corrected chi connectivity index (χ0v) is 10.5. The summed E-state index contributed by atoms with van der Waals surface area (Å²) in [4.78, 5) is 2.31. The average Bonchev–Trinajstić information content (AvgIpc) is 2.54. The summed E-state index contributed by atoms with van der Waals surface area (Å²) in [6, 6.07) is 0.630. The van der Waals surface area contributed by atoms with Crippen LogP contribution in [0.3, 0.4) is 0 Å². The lowest BCUT2D eigenvalue weighted by Gasteiger charge is -2.32. The molecule has 2 N–H and O–H groups in total. The zero-order valence-electron chi connectivity index (χ0n) is 10.5. The zero-order chi connectivity index (χ0) is 11.7. The summed E-state index contributed by atoms with van der Waals surface area (Å²) in [7, 11) is 4.11. The van der Waals surface area contributed by atoms with Gasteiger partial charge < -0.3 is 10.6 Å². The van der Waals surface area contributed by atoms with Crippen LogP contribution < -0.4 is 10.6 Å². The van der Waals surface area contributed by atoms with E-state index in [4.69, 9.17) is 5.73 Å². The van der Waals surface area contributed by atoms with Gasteiger partial charge in [-0.15, -0.1) is 0 Å². The molecule has 2 rings (SSSR count). The summed E-state index contributed by atoms with van der Waals surface area (Å²) >= 11 is 0. The Bertz CT molecular complexity index is 363. The van der Waals surface area contributed by atoms with Crippen molar-refractivity contribution in [2.45, 2.75) is 45.1 Å². The number of aromatic nitrogens is 2. The molecule has 1 aromatic rings. The van der Waals surface area contributed by atoms with Crippen LogP contribution in [-0.4, -0.2) is 22.9 Å². The molecule has 1 aromatic heterocycles. The molecular weight excluding hydrogens is 200 g/mol. The van der Waals surface area contributed by atoms with Gasteiger partial charge in [-0.05, 0) is 19.8 Å². The van der Waals surface area contributed by atoms with Gasteiger partial charge in [0.2, 0.25) is 0 Å². The Kier molecular flexibility index (Phi) is 3.08. The monoisotopic (exact) mass is 222 g/mol. The third kappa shape index (κ3) is 1.88. The van der Waals surface area contributed by atoms with Crippen LogP contribution in [0.5, 0.6) is 0 Å². The molecule has 0 amide bonds. The normalized spacial score (nSPS) is 17.7. The summed E-state index contributed by atoms with van der Waals surface area (Å²) in [6.07, 6.45) is 6.61. The molecule has 16 heavy (non-hydrogen) atoms. The summed E-state index contributed by atoms with van der Waals surface area (Å²) in [5.74, 6) is 1.07. The van der Waals surface area contributed by atoms with Gasteiger partial charge in [-0.3, -0.25) is 4.68 Å². The molecule has 0 aliphatic heterocycles. The lowest BCUT2D eigenvalue weighted by atomic mass is 9.94. The van der Waals surface area contributed by atoms with Crippen molar-refractivity contribution in [3.63, 3.8) is 0 Å². The molecule has 0 bridgehead atoms. The third-order valence-corrected chi connectivity index (χ3v) is 3.69. The number of nitrogens with two attached hydrogens (primary N) is 1. The summed E-state index contributed by atoms with van der Waals surface area (Å²) in [6.45, 7) is 1.97. The number of nitrogens with zero attached hydrogens (tertiary/aromatic N) is 3. The Morgan fingerprint density at radius 1 is 1.31 bits per heavy atom. The van der Waals surface area contributed by atoms with Crippen LogP contribution in [0.4, 0.5) is 11.5 Å². The first-order valence-electron chi connectivity index (χ1n) is 6.13. The van der Waals surface area contributed by atoms with E-state index < -0.39 is 0 Å². The Morgan fingerprint density at radius 3 is 2.44 bits per heavy atom. The molecule has 0 spiro atoms. The highest BCUT2D eigenvalue weighted by molar-refractivity contribution is 5.66. The van der Waals surface area contributed by atoms with Crippen LogP contribution in [0, 0.1) is 6.92 Å². The summed E-state index contributed by atoms with van der Waals surface area (Å²) in [5, 5.41) is 4.38. The Balaban J connectivity index is 2.22. The van der Waals surface area contributed by atoms with Gasteiger partial charge in [0.15, 0.2) is 0 Å². The molecule has 4 heteroatoms. The lowest BCUT2D eigenvalue weighted by Crippen LogP contribution is -2.35. The Morgan fingerprint density at radius 2 is 1.94 bits per heavy atom. The number of rotatable bonds is 2.